The van der Waals surface area contributed by atoms with E-state index in [4.69, 9.17) is 0 Å². The summed E-state index contributed by atoms with van der Waals surface area (Å²) >= 11 is 0. The number of hydrogen-bond acceptors (Lipinski definition) is 3. The van der Waals surface area contributed by atoms with E-state index in [1.54, 1.807) is 16.7 Å². The van der Waals surface area contributed by atoms with Crippen molar-refractivity contribution in [1.82, 2.24) is 14.7 Å². The maximum atomic E-state index is 2.77. The SMILES string of the molecule is CC1=C(C)C(C)(CCC(C)(C)N2C(C)=C(C)C(C)(C)C2(C)C)CN1C(C)(C)CCC1(C)C(C)=C(C)N(C)C1(C)C. The molecular formula is C37H67N3. The highest BCUT2D eigenvalue weighted by molar-refractivity contribution is 5.34. The highest BCUT2D eigenvalue weighted by atomic mass is 15.3. The van der Waals surface area contributed by atoms with E-state index in [0.29, 0.717) is 0 Å². The molecule has 0 saturated heterocycles. The largest absolute Gasteiger partial charge is 0.372 e. The molecule has 3 heterocycles. The molecule has 40 heavy (non-hydrogen) atoms. The van der Waals surface area contributed by atoms with Crippen LogP contribution in [0.4, 0.5) is 0 Å². The van der Waals surface area contributed by atoms with Crippen molar-refractivity contribution in [3.8, 4) is 0 Å². The van der Waals surface area contributed by atoms with E-state index < -0.39 is 0 Å². The van der Waals surface area contributed by atoms with Gasteiger partial charge in [0, 0.05) is 69.1 Å². The smallest absolute Gasteiger partial charge is 0.0437 e. The molecule has 2 atom stereocenters. The molecule has 2 unspecified atom stereocenters. The highest BCUT2D eigenvalue weighted by Crippen LogP contribution is 2.56. The first-order chi connectivity index (χ1) is 17.7. The van der Waals surface area contributed by atoms with Crippen molar-refractivity contribution in [3.05, 3.63) is 33.8 Å². The van der Waals surface area contributed by atoms with E-state index in [9.17, 15) is 0 Å². The molecule has 3 rings (SSSR count). The molecule has 0 saturated carbocycles. The summed E-state index contributed by atoms with van der Waals surface area (Å²) in [7, 11) is 2.28. The Morgan fingerprint density at radius 1 is 0.600 bits per heavy atom. The molecule has 0 fully saturated rings. The molecule has 0 spiro atoms. The van der Waals surface area contributed by atoms with Crippen molar-refractivity contribution in [2.75, 3.05) is 13.6 Å². The molecule has 230 valence electrons. The van der Waals surface area contributed by atoms with Crippen molar-refractivity contribution >= 4 is 0 Å². The van der Waals surface area contributed by atoms with Crippen LogP contribution in [0.15, 0.2) is 33.8 Å². The molecule has 0 amide bonds. The summed E-state index contributed by atoms with van der Waals surface area (Å²) in [5, 5.41) is 0. The Morgan fingerprint density at radius 2 is 1.10 bits per heavy atom. The summed E-state index contributed by atoms with van der Waals surface area (Å²) in [6.45, 7) is 45.0. The van der Waals surface area contributed by atoms with Crippen LogP contribution in [-0.2, 0) is 0 Å². The van der Waals surface area contributed by atoms with Gasteiger partial charge in [-0.25, -0.2) is 0 Å². The molecule has 3 nitrogen and oxygen atoms in total. The summed E-state index contributed by atoms with van der Waals surface area (Å²) < 4.78 is 0. The van der Waals surface area contributed by atoms with E-state index >= 15 is 0 Å². The quantitative estimate of drug-likeness (QED) is 0.296. The fraction of sp³-hybridized carbons (Fsp3) is 0.838. The van der Waals surface area contributed by atoms with E-state index in [-0.39, 0.29) is 38.4 Å². The van der Waals surface area contributed by atoms with Gasteiger partial charge in [-0.05, 0) is 139 Å². The van der Waals surface area contributed by atoms with Gasteiger partial charge in [-0.15, -0.1) is 0 Å². The molecule has 3 aliphatic rings. The van der Waals surface area contributed by atoms with Crippen molar-refractivity contribution in [2.24, 2.45) is 16.2 Å². The van der Waals surface area contributed by atoms with Crippen LogP contribution in [0.25, 0.3) is 0 Å². The van der Waals surface area contributed by atoms with Crippen LogP contribution in [0.5, 0.6) is 0 Å². The predicted molar refractivity (Wildman–Crippen MR) is 176 cm³/mol. The van der Waals surface area contributed by atoms with Gasteiger partial charge < -0.3 is 14.7 Å². The van der Waals surface area contributed by atoms with Gasteiger partial charge in [-0.1, -0.05) is 27.7 Å². The monoisotopic (exact) mass is 554 g/mol. The second-order valence-electron chi connectivity index (χ2n) is 17.4. The van der Waals surface area contributed by atoms with Crippen LogP contribution in [0.2, 0.25) is 0 Å². The molecule has 0 aromatic rings. The Balaban J connectivity index is 1.79. The fourth-order valence-electron chi connectivity index (χ4n) is 8.93. The zero-order valence-corrected chi connectivity index (χ0v) is 30.4. The van der Waals surface area contributed by atoms with Gasteiger partial charge in [-0.2, -0.15) is 0 Å². The highest BCUT2D eigenvalue weighted by Gasteiger charge is 2.55. The minimum Gasteiger partial charge on any atom is -0.372 e. The van der Waals surface area contributed by atoms with Gasteiger partial charge in [0.1, 0.15) is 0 Å². The molecule has 3 aliphatic heterocycles. The number of nitrogens with zero attached hydrogens (tertiary/aromatic N) is 3. The van der Waals surface area contributed by atoms with Crippen LogP contribution in [0, 0.1) is 16.2 Å². The third kappa shape index (κ3) is 4.50. The molecule has 0 aromatic carbocycles. The number of allylic oxidation sites excluding steroid dienone is 3. The van der Waals surface area contributed by atoms with Crippen LogP contribution in [0.1, 0.15) is 150 Å². The summed E-state index contributed by atoms with van der Waals surface area (Å²) in [5.41, 5.74) is 10.2. The molecular weight excluding hydrogens is 486 g/mol. The van der Waals surface area contributed by atoms with Gasteiger partial charge in [-0.3, -0.25) is 0 Å². The second-order valence-corrected chi connectivity index (χ2v) is 17.4. The van der Waals surface area contributed by atoms with Crippen molar-refractivity contribution in [3.63, 3.8) is 0 Å². The first-order valence-electron chi connectivity index (χ1n) is 16.1. The Morgan fingerprint density at radius 3 is 1.52 bits per heavy atom. The zero-order valence-electron chi connectivity index (χ0n) is 30.4. The minimum atomic E-state index is 0.0964. The maximum absolute atomic E-state index is 2.77. The minimum absolute atomic E-state index is 0.0964. The first-order valence-corrected chi connectivity index (χ1v) is 16.1. The topological polar surface area (TPSA) is 9.72 Å². The normalized spacial score (nSPS) is 30.5. The lowest BCUT2D eigenvalue weighted by atomic mass is 9.66. The second kappa shape index (κ2) is 9.57. The summed E-state index contributed by atoms with van der Waals surface area (Å²) in [6.07, 6.45) is 4.80. The van der Waals surface area contributed by atoms with Gasteiger partial charge in [0.15, 0.2) is 0 Å². The zero-order chi connectivity index (χ0) is 31.2. The Hall–Kier alpha value is -1.38. The van der Waals surface area contributed by atoms with Gasteiger partial charge in [0.05, 0.1) is 0 Å². The third-order valence-electron chi connectivity index (χ3n) is 14.2. The maximum Gasteiger partial charge on any atom is 0.0437 e. The Kier molecular flexibility index (Phi) is 7.92. The van der Waals surface area contributed by atoms with E-state index in [1.807, 2.05) is 0 Å². The number of hydrogen-bond donors (Lipinski definition) is 0. The van der Waals surface area contributed by atoms with Gasteiger partial charge >= 0.3 is 0 Å². The van der Waals surface area contributed by atoms with Crippen LogP contribution in [-0.4, -0.2) is 50.4 Å². The molecule has 0 bridgehead atoms. The van der Waals surface area contributed by atoms with Crippen molar-refractivity contribution in [1.29, 1.82) is 0 Å². The van der Waals surface area contributed by atoms with E-state index in [2.05, 4.69) is 146 Å². The van der Waals surface area contributed by atoms with Crippen LogP contribution < -0.4 is 0 Å². The third-order valence-corrected chi connectivity index (χ3v) is 14.2. The predicted octanol–water partition coefficient (Wildman–Crippen LogP) is 10.2. The lowest BCUT2D eigenvalue weighted by Gasteiger charge is -2.52. The molecule has 0 N–H and O–H groups in total. The van der Waals surface area contributed by atoms with Crippen LogP contribution in [0.3, 0.4) is 0 Å². The molecule has 0 aromatic heterocycles. The Labute approximate surface area is 250 Å². The summed E-state index contributed by atoms with van der Waals surface area (Å²) in [6, 6.07) is 0. The fourth-order valence-corrected chi connectivity index (χ4v) is 8.93. The summed E-state index contributed by atoms with van der Waals surface area (Å²) in [4.78, 5) is 8.05. The van der Waals surface area contributed by atoms with E-state index in [1.165, 1.54) is 42.8 Å². The Bertz CT molecular complexity index is 1120. The molecule has 0 aliphatic carbocycles. The van der Waals surface area contributed by atoms with E-state index in [0.717, 1.165) is 6.54 Å². The van der Waals surface area contributed by atoms with Crippen LogP contribution >= 0.6 is 0 Å². The van der Waals surface area contributed by atoms with Crippen molar-refractivity contribution in [2.45, 2.75) is 172 Å². The van der Waals surface area contributed by atoms with Crippen molar-refractivity contribution < 1.29 is 0 Å². The number of rotatable bonds is 8. The standard InChI is InChI=1S/C37H67N3/c1-25-30(6)40(34(13,14)33(25,11)12)32(9,10)20-22-36(17)24-39(29(5)26(36)2)31(7,8)21-23-37(18)27(3)28(4)38(19)35(37,15)16/h20-24H2,1-19H3. The lowest BCUT2D eigenvalue weighted by Crippen LogP contribution is -2.56. The lowest BCUT2D eigenvalue weighted by molar-refractivity contribution is 0.00724. The average Bonchev–Trinajstić information content (AvgIpc) is 3.19. The average molecular weight is 554 g/mol. The van der Waals surface area contributed by atoms with Gasteiger partial charge in [0.2, 0.25) is 0 Å². The first kappa shape index (κ1) is 33.1. The molecule has 0 radical (unpaired) electrons. The van der Waals surface area contributed by atoms with Gasteiger partial charge in [0.25, 0.3) is 0 Å². The summed E-state index contributed by atoms with van der Waals surface area (Å²) in [5.74, 6) is 0. The molecule has 3 heteroatoms.